The van der Waals surface area contributed by atoms with Gasteiger partial charge in [0.05, 0.1) is 0 Å². The summed E-state index contributed by atoms with van der Waals surface area (Å²) in [5.41, 5.74) is 1.18. The predicted octanol–water partition coefficient (Wildman–Crippen LogP) is 2.55. The van der Waals surface area contributed by atoms with Gasteiger partial charge in [-0.05, 0) is 43.2 Å². The molecular formula is C10H12NO-. The van der Waals surface area contributed by atoms with Gasteiger partial charge >= 0.3 is 0 Å². The van der Waals surface area contributed by atoms with Crippen LogP contribution >= 0.6 is 0 Å². The zero-order chi connectivity index (χ0) is 8.39. The van der Waals surface area contributed by atoms with Crippen LogP contribution in [0.4, 0.5) is 0 Å². The molecule has 0 saturated heterocycles. The van der Waals surface area contributed by atoms with Gasteiger partial charge in [0.15, 0.2) is 0 Å². The van der Waals surface area contributed by atoms with E-state index in [1.165, 1.54) is 12.0 Å². The second-order valence-electron chi connectivity index (χ2n) is 3.29. The van der Waals surface area contributed by atoms with Crippen LogP contribution in [0.3, 0.4) is 0 Å². The Balaban J connectivity index is 2.26. The Morgan fingerprint density at radius 3 is 3.25 bits per heavy atom. The van der Waals surface area contributed by atoms with Gasteiger partial charge in [-0.2, -0.15) is 0 Å². The van der Waals surface area contributed by atoms with Crippen molar-refractivity contribution in [2.75, 3.05) is 0 Å². The number of allylic oxidation sites excluding steroid dienone is 4. The van der Waals surface area contributed by atoms with E-state index in [0.717, 1.165) is 17.9 Å². The van der Waals surface area contributed by atoms with Crippen LogP contribution in [0.2, 0.25) is 0 Å². The van der Waals surface area contributed by atoms with Gasteiger partial charge in [-0.15, -0.1) is 0 Å². The average molecular weight is 162 g/mol. The molecule has 0 radical (unpaired) electrons. The summed E-state index contributed by atoms with van der Waals surface area (Å²) in [7, 11) is 0. The first-order valence-electron chi connectivity index (χ1n) is 4.36. The van der Waals surface area contributed by atoms with Gasteiger partial charge in [0, 0.05) is 0 Å². The summed E-state index contributed by atoms with van der Waals surface area (Å²) in [4.78, 5) is 0. The van der Waals surface area contributed by atoms with Crippen molar-refractivity contribution < 1.29 is 0 Å². The van der Waals surface area contributed by atoms with Crippen LogP contribution in [0, 0.1) is 11.1 Å². The standard InChI is InChI=1S/C10H12NO/c12-11-7-3-6-9-4-1-2-5-10(9)8-11/h2-3,5,7-9H,1,4,6H2/q-1. The molecule has 64 valence electrons. The lowest BCUT2D eigenvalue weighted by Gasteiger charge is -2.23. The SMILES string of the molecule is [O-]N1C=CCC2CCC=CC2=C1. The highest BCUT2D eigenvalue weighted by Crippen LogP contribution is 2.29. The minimum absolute atomic E-state index is 0.574. The minimum Gasteiger partial charge on any atom is -0.755 e. The minimum atomic E-state index is 0.574. The van der Waals surface area contributed by atoms with Gasteiger partial charge in [0.25, 0.3) is 0 Å². The molecule has 1 aliphatic heterocycles. The smallest absolute Gasteiger partial charge is 0.00419 e. The Bertz CT molecular complexity index is 253. The monoisotopic (exact) mass is 162 g/mol. The number of hydrogen-bond acceptors (Lipinski definition) is 2. The van der Waals surface area contributed by atoms with Gasteiger partial charge in [-0.3, -0.25) is 0 Å². The van der Waals surface area contributed by atoms with Crippen LogP contribution < -0.4 is 0 Å². The van der Waals surface area contributed by atoms with Crippen LogP contribution in [-0.2, 0) is 0 Å². The lowest BCUT2D eigenvalue weighted by atomic mass is 9.88. The van der Waals surface area contributed by atoms with Crippen molar-refractivity contribution in [1.29, 1.82) is 0 Å². The zero-order valence-electron chi connectivity index (χ0n) is 6.94. The van der Waals surface area contributed by atoms with Crippen molar-refractivity contribution in [2.24, 2.45) is 5.92 Å². The molecule has 0 spiro atoms. The van der Waals surface area contributed by atoms with Crippen molar-refractivity contribution in [3.63, 3.8) is 0 Å². The second kappa shape index (κ2) is 3.15. The fourth-order valence-corrected chi connectivity index (χ4v) is 1.74. The molecule has 1 atom stereocenters. The highest BCUT2D eigenvalue weighted by Gasteiger charge is 2.14. The van der Waals surface area contributed by atoms with Gasteiger partial charge in [0.2, 0.25) is 0 Å². The Morgan fingerprint density at radius 2 is 2.33 bits per heavy atom. The summed E-state index contributed by atoms with van der Waals surface area (Å²) in [5, 5.41) is 12.0. The molecule has 0 N–H and O–H groups in total. The molecule has 0 aromatic carbocycles. The lowest BCUT2D eigenvalue weighted by molar-refractivity contribution is 0.568. The molecule has 0 aromatic rings. The first-order chi connectivity index (χ1) is 5.86. The topological polar surface area (TPSA) is 26.3 Å². The van der Waals surface area contributed by atoms with E-state index in [-0.39, 0.29) is 0 Å². The summed E-state index contributed by atoms with van der Waals surface area (Å²) in [6.07, 6.45) is 12.8. The number of rotatable bonds is 0. The lowest BCUT2D eigenvalue weighted by Crippen LogP contribution is -2.06. The maximum Gasteiger partial charge on any atom is -0.00419 e. The second-order valence-corrected chi connectivity index (χ2v) is 3.29. The van der Waals surface area contributed by atoms with E-state index in [1.54, 1.807) is 12.4 Å². The molecule has 2 aliphatic rings. The Hall–Kier alpha value is -1.02. The first-order valence-corrected chi connectivity index (χ1v) is 4.36. The van der Waals surface area contributed by atoms with E-state index in [4.69, 9.17) is 0 Å². The predicted molar refractivity (Wildman–Crippen MR) is 48.9 cm³/mol. The molecule has 12 heavy (non-hydrogen) atoms. The van der Waals surface area contributed by atoms with E-state index >= 15 is 0 Å². The molecule has 0 aromatic heterocycles. The van der Waals surface area contributed by atoms with Crippen molar-refractivity contribution in [3.05, 3.63) is 41.4 Å². The summed E-state index contributed by atoms with van der Waals surface area (Å²) < 4.78 is 0. The van der Waals surface area contributed by atoms with E-state index in [1.807, 2.05) is 6.08 Å². The maximum absolute atomic E-state index is 11.1. The van der Waals surface area contributed by atoms with Crippen LogP contribution in [0.5, 0.6) is 0 Å². The van der Waals surface area contributed by atoms with Crippen molar-refractivity contribution in [2.45, 2.75) is 19.3 Å². The molecular weight excluding hydrogens is 150 g/mol. The Labute approximate surface area is 72.5 Å². The average Bonchev–Trinajstić information content (AvgIpc) is 2.25. The van der Waals surface area contributed by atoms with Crippen LogP contribution in [0.1, 0.15) is 19.3 Å². The zero-order valence-corrected chi connectivity index (χ0v) is 6.94. The van der Waals surface area contributed by atoms with Crippen LogP contribution in [0.25, 0.3) is 0 Å². The normalized spacial score (nSPS) is 27.9. The third kappa shape index (κ3) is 1.43. The number of nitrogens with zero attached hydrogens (tertiary/aromatic N) is 1. The maximum atomic E-state index is 11.1. The van der Waals surface area contributed by atoms with Gasteiger partial charge in [-0.25, -0.2) is 0 Å². The fourth-order valence-electron chi connectivity index (χ4n) is 1.74. The largest absolute Gasteiger partial charge is 0.755 e. The third-order valence-corrected chi connectivity index (χ3v) is 2.41. The Morgan fingerprint density at radius 1 is 1.42 bits per heavy atom. The summed E-state index contributed by atoms with van der Waals surface area (Å²) >= 11 is 0. The van der Waals surface area contributed by atoms with Crippen molar-refractivity contribution in [3.8, 4) is 0 Å². The third-order valence-electron chi connectivity index (χ3n) is 2.41. The fraction of sp³-hybridized carbons (Fsp3) is 0.400. The first kappa shape index (κ1) is 7.62. The van der Waals surface area contributed by atoms with Crippen molar-refractivity contribution in [1.82, 2.24) is 5.06 Å². The molecule has 2 nitrogen and oxygen atoms in total. The van der Waals surface area contributed by atoms with Gasteiger partial charge in [-0.1, -0.05) is 18.2 Å². The van der Waals surface area contributed by atoms with E-state index in [0.29, 0.717) is 5.92 Å². The molecule has 2 rings (SSSR count). The molecule has 0 bridgehead atoms. The molecule has 0 fully saturated rings. The number of hydrogen-bond donors (Lipinski definition) is 0. The Kier molecular flexibility index (Phi) is 2.00. The number of fused-ring (bicyclic) bond motifs is 1. The molecule has 1 aliphatic carbocycles. The molecule has 1 unspecified atom stereocenters. The molecule has 2 heteroatoms. The van der Waals surface area contributed by atoms with E-state index < -0.39 is 0 Å². The van der Waals surface area contributed by atoms with Crippen molar-refractivity contribution >= 4 is 0 Å². The summed E-state index contributed by atoms with van der Waals surface area (Å²) in [5.74, 6) is 0.574. The quantitative estimate of drug-likeness (QED) is 0.547. The molecule has 1 heterocycles. The number of hydroxylamine groups is 2. The van der Waals surface area contributed by atoms with Gasteiger partial charge in [0.1, 0.15) is 0 Å². The molecule has 0 amide bonds. The van der Waals surface area contributed by atoms with Crippen LogP contribution in [-0.4, -0.2) is 5.06 Å². The summed E-state index contributed by atoms with van der Waals surface area (Å²) in [6.45, 7) is 0. The molecule has 0 saturated carbocycles. The van der Waals surface area contributed by atoms with Crippen LogP contribution in [0.15, 0.2) is 36.2 Å². The highest BCUT2D eigenvalue weighted by molar-refractivity contribution is 5.27. The van der Waals surface area contributed by atoms with Gasteiger partial charge < -0.3 is 10.3 Å². The van der Waals surface area contributed by atoms with E-state index in [2.05, 4.69) is 12.2 Å². The summed E-state index contributed by atoms with van der Waals surface area (Å²) in [6, 6.07) is 0. The van der Waals surface area contributed by atoms with E-state index in [9.17, 15) is 5.21 Å². The highest BCUT2D eigenvalue weighted by atomic mass is 16.5.